The second-order valence-electron chi connectivity index (χ2n) is 5.38. The molecular weight excluding hydrogens is 308 g/mol. The van der Waals surface area contributed by atoms with Crippen LogP contribution in [0.25, 0.3) is 0 Å². The van der Waals surface area contributed by atoms with Gasteiger partial charge in [0.2, 0.25) is 0 Å². The van der Waals surface area contributed by atoms with E-state index >= 15 is 0 Å². The molecule has 122 valence electrons. The smallest absolute Gasteiger partial charge is 0.337 e. The zero-order valence-electron chi connectivity index (χ0n) is 13.1. The molecule has 0 saturated carbocycles. The number of imide groups is 1. The van der Waals surface area contributed by atoms with Crippen molar-refractivity contribution in [2.45, 2.75) is 6.54 Å². The molecule has 3 amide bonds. The first kappa shape index (κ1) is 15.7. The maximum absolute atomic E-state index is 12.5. The number of carbonyl (C=O) groups excluding carboxylic acids is 3. The highest BCUT2D eigenvalue weighted by molar-refractivity contribution is 6.12. The van der Waals surface area contributed by atoms with Gasteiger partial charge in [-0.05, 0) is 29.8 Å². The minimum atomic E-state index is -0.457. The van der Waals surface area contributed by atoms with Crippen LogP contribution in [0.15, 0.2) is 54.6 Å². The van der Waals surface area contributed by atoms with Gasteiger partial charge in [-0.25, -0.2) is 9.59 Å². The SMILES string of the molecule is COC(=O)c1cccc(CN2C(=O)CN(c3ccccc3)C2=O)c1. The third kappa shape index (κ3) is 2.99. The molecule has 0 aliphatic carbocycles. The maximum atomic E-state index is 12.5. The molecule has 2 aromatic carbocycles. The number of amides is 3. The Morgan fingerprint density at radius 1 is 1.08 bits per heavy atom. The number of urea groups is 1. The van der Waals surface area contributed by atoms with Crippen LogP contribution in [0.3, 0.4) is 0 Å². The number of esters is 1. The zero-order valence-corrected chi connectivity index (χ0v) is 13.1. The van der Waals surface area contributed by atoms with Gasteiger partial charge in [-0.2, -0.15) is 0 Å². The third-order valence-corrected chi connectivity index (χ3v) is 3.81. The van der Waals surface area contributed by atoms with Crippen molar-refractivity contribution in [1.82, 2.24) is 4.90 Å². The van der Waals surface area contributed by atoms with Gasteiger partial charge in [0.15, 0.2) is 0 Å². The second-order valence-corrected chi connectivity index (χ2v) is 5.38. The average Bonchev–Trinajstić information content (AvgIpc) is 2.90. The number of ether oxygens (including phenoxy) is 1. The van der Waals surface area contributed by atoms with Crippen molar-refractivity contribution in [2.75, 3.05) is 18.6 Å². The lowest BCUT2D eigenvalue weighted by molar-refractivity contribution is -0.125. The van der Waals surface area contributed by atoms with E-state index in [0.29, 0.717) is 16.8 Å². The second kappa shape index (κ2) is 6.54. The lowest BCUT2D eigenvalue weighted by atomic mass is 10.1. The van der Waals surface area contributed by atoms with E-state index in [1.807, 2.05) is 18.2 Å². The molecule has 0 radical (unpaired) electrons. The Morgan fingerprint density at radius 2 is 1.83 bits per heavy atom. The van der Waals surface area contributed by atoms with Crippen molar-refractivity contribution >= 4 is 23.6 Å². The summed E-state index contributed by atoms with van der Waals surface area (Å²) in [6.07, 6.45) is 0. The molecule has 6 nitrogen and oxygen atoms in total. The Balaban J connectivity index is 1.80. The van der Waals surface area contributed by atoms with Crippen molar-refractivity contribution in [3.63, 3.8) is 0 Å². The summed E-state index contributed by atoms with van der Waals surface area (Å²) in [6, 6.07) is 15.4. The summed E-state index contributed by atoms with van der Waals surface area (Å²) in [5.74, 6) is -0.728. The molecule has 24 heavy (non-hydrogen) atoms. The van der Waals surface area contributed by atoms with E-state index in [-0.39, 0.29) is 25.0 Å². The van der Waals surface area contributed by atoms with Crippen LogP contribution in [-0.4, -0.2) is 36.5 Å². The number of hydrogen-bond donors (Lipinski definition) is 0. The Labute approximate surface area is 139 Å². The lowest BCUT2D eigenvalue weighted by Crippen LogP contribution is -2.32. The summed E-state index contributed by atoms with van der Waals surface area (Å²) in [6.45, 7) is 0.130. The first-order valence-electron chi connectivity index (χ1n) is 7.44. The fourth-order valence-corrected chi connectivity index (χ4v) is 2.60. The fraction of sp³-hybridized carbons (Fsp3) is 0.167. The quantitative estimate of drug-likeness (QED) is 0.640. The average molecular weight is 324 g/mol. The maximum Gasteiger partial charge on any atom is 0.337 e. The number of anilines is 1. The zero-order chi connectivity index (χ0) is 17.1. The highest BCUT2D eigenvalue weighted by atomic mass is 16.5. The van der Waals surface area contributed by atoms with E-state index in [1.165, 1.54) is 16.9 Å². The summed E-state index contributed by atoms with van der Waals surface area (Å²) >= 11 is 0. The first-order chi connectivity index (χ1) is 11.6. The van der Waals surface area contributed by atoms with Gasteiger partial charge in [0, 0.05) is 5.69 Å². The number of nitrogens with zero attached hydrogens (tertiary/aromatic N) is 2. The largest absolute Gasteiger partial charge is 0.465 e. The molecule has 1 fully saturated rings. The van der Waals surface area contributed by atoms with Crippen LogP contribution < -0.4 is 4.90 Å². The number of para-hydroxylation sites is 1. The summed E-state index contributed by atoms with van der Waals surface area (Å²) in [4.78, 5) is 39.0. The highest BCUT2D eigenvalue weighted by Gasteiger charge is 2.36. The molecule has 3 rings (SSSR count). The van der Waals surface area contributed by atoms with E-state index in [1.54, 1.807) is 36.4 Å². The predicted molar refractivity (Wildman–Crippen MR) is 87.5 cm³/mol. The van der Waals surface area contributed by atoms with E-state index in [2.05, 4.69) is 4.74 Å². The summed E-state index contributed by atoms with van der Waals surface area (Å²) in [7, 11) is 1.31. The van der Waals surface area contributed by atoms with Gasteiger partial charge in [0.1, 0.15) is 6.54 Å². The van der Waals surface area contributed by atoms with Gasteiger partial charge >= 0.3 is 12.0 Å². The Kier molecular flexibility index (Phi) is 4.29. The first-order valence-corrected chi connectivity index (χ1v) is 7.44. The highest BCUT2D eigenvalue weighted by Crippen LogP contribution is 2.22. The van der Waals surface area contributed by atoms with Crippen LogP contribution >= 0.6 is 0 Å². The molecule has 0 aromatic heterocycles. The van der Waals surface area contributed by atoms with Gasteiger partial charge in [-0.3, -0.25) is 14.6 Å². The molecule has 0 atom stereocenters. The molecule has 0 bridgehead atoms. The van der Waals surface area contributed by atoms with Crippen LogP contribution in [0.1, 0.15) is 15.9 Å². The summed E-state index contributed by atoms with van der Waals surface area (Å²) in [5.41, 5.74) is 1.75. The molecule has 1 saturated heterocycles. The molecule has 2 aromatic rings. The Bertz CT molecular complexity index is 789. The van der Waals surface area contributed by atoms with Gasteiger partial charge in [0.05, 0.1) is 19.2 Å². The fourth-order valence-electron chi connectivity index (χ4n) is 2.60. The van der Waals surface area contributed by atoms with Crippen LogP contribution in [-0.2, 0) is 16.1 Å². The van der Waals surface area contributed by atoms with Crippen molar-refractivity contribution in [2.24, 2.45) is 0 Å². The summed E-state index contributed by atoms with van der Waals surface area (Å²) < 4.78 is 4.68. The minimum absolute atomic E-state index is 0.0134. The Hall–Kier alpha value is -3.15. The Morgan fingerprint density at radius 3 is 2.54 bits per heavy atom. The van der Waals surface area contributed by atoms with Crippen molar-refractivity contribution in [3.05, 3.63) is 65.7 Å². The molecule has 1 heterocycles. The molecule has 0 N–H and O–H groups in total. The minimum Gasteiger partial charge on any atom is -0.465 e. The molecule has 6 heteroatoms. The standard InChI is InChI=1S/C18H16N2O4/c1-24-17(22)14-7-5-6-13(10-14)11-20-16(21)12-19(18(20)23)15-8-3-2-4-9-15/h2-10H,11-12H2,1H3. The number of carbonyl (C=O) groups is 3. The van der Waals surface area contributed by atoms with Gasteiger partial charge in [-0.1, -0.05) is 30.3 Å². The topological polar surface area (TPSA) is 66.9 Å². The predicted octanol–water partition coefficient (Wildman–Crippen LogP) is 2.44. The van der Waals surface area contributed by atoms with Crippen molar-refractivity contribution < 1.29 is 19.1 Å². The van der Waals surface area contributed by atoms with Gasteiger partial charge in [-0.15, -0.1) is 0 Å². The number of benzene rings is 2. The third-order valence-electron chi connectivity index (χ3n) is 3.81. The van der Waals surface area contributed by atoms with Crippen LogP contribution in [0, 0.1) is 0 Å². The van der Waals surface area contributed by atoms with E-state index < -0.39 is 5.97 Å². The number of methoxy groups -OCH3 is 1. The molecular formula is C18H16N2O4. The van der Waals surface area contributed by atoms with Crippen LogP contribution in [0.4, 0.5) is 10.5 Å². The number of hydrogen-bond acceptors (Lipinski definition) is 4. The number of rotatable bonds is 4. The van der Waals surface area contributed by atoms with E-state index in [4.69, 9.17) is 0 Å². The van der Waals surface area contributed by atoms with Gasteiger partial charge in [0.25, 0.3) is 5.91 Å². The van der Waals surface area contributed by atoms with E-state index in [9.17, 15) is 14.4 Å². The normalized spacial score (nSPS) is 14.2. The monoisotopic (exact) mass is 324 g/mol. The summed E-state index contributed by atoms with van der Waals surface area (Å²) in [5, 5.41) is 0. The van der Waals surface area contributed by atoms with Gasteiger partial charge < -0.3 is 4.74 Å². The molecule has 1 aliphatic heterocycles. The molecule has 0 unspecified atom stereocenters. The van der Waals surface area contributed by atoms with Crippen molar-refractivity contribution in [1.29, 1.82) is 0 Å². The van der Waals surface area contributed by atoms with E-state index in [0.717, 1.165) is 0 Å². The lowest BCUT2D eigenvalue weighted by Gasteiger charge is -2.17. The van der Waals surface area contributed by atoms with Crippen LogP contribution in [0.2, 0.25) is 0 Å². The van der Waals surface area contributed by atoms with Crippen LogP contribution in [0.5, 0.6) is 0 Å². The van der Waals surface area contributed by atoms with Crippen molar-refractivity contribution in [3.8, 4) is 0 Å². The molecule has 1 aliphatic rings. The molecule has 0 spiro atoms.